The van der Waals surface area contributed by atoms with Crippen LogP contribution in [0.3, 0.4) is 0 Å². The van der Waals surface area contributed by atoms with E-state index in [1.54, 1.807) is 6.92 Å². The van der Waals surface area contributed by atoms with Gasteiger partial charge in [0.25, 0.3) is 5.56 Å². The van der Waals surface area contributed by atoms with Crippen LogP contribution in [0.1, 0.15) is 5.69 Å². The Morgan fingerprint density at radius 1 is 1.36 bits per heavy atom. The first-order valence-electron chi connectivity index (χ1n) is 4.07. The van der Waals surface area contributed by atoms with Crippen LogP contribution in [0, 0.1) is 12.7 Å². The Balaban J connectivity index is 3.03. The van der Waals surface area contributed by atoms with E-state index in [1.165, 1.54) is 18.2 Å². The lowest BCUT2D eigenvalue weighted by atomic mass is 10.1. The molecule has 1 N–H and O–H groups in total. The molecule has 1 heterocycles. The van der Waals surface area contributed by atoms with E-state index in [9.17, 15) is 9.18 Å². The summed E-state index contributed by atoms with van der Waals surface area (Å²) in [6, 6.07) is 4.11. The molecule has 0 atom stereocenters. The van der Waals surface area contributed by atoms with Crippen molar-refractivity contribution in [1.82, 2.24) is 4.98 Å². The van der Waals surface area contributed by atoms with Crippen LogP contribution in [0.4, 0.5) is 4.39 Å². The van der Waals surface area contributed by atoms with Gasteiger partial charge < -0.3 is 4.98 Å². The van der Waals surface area contributed by atoms with Crippen LogP contribution in [-0.2, 0) is 0 Å². The van der Waals surface area contributed by atoms with Gasteiger partial charge in [-0.05, 0) is 41.1 Å². The SMILES string of the molecule is Cc1[nH]c(=O)c2ccc(F)cc2c1Br. The number of nitrogens with one attached hydrogen (secondary N) is 1. The number of halogens is 2. The average Bonchev–Trinajstić information content (AvgIpc) is 2.14. The zero-order chi connectivity index (χ0) is 10.3. The maximum atomic E-state index is 12.9. The number of rotatable bonds is 0. The van der Waals surface area contributed by atoms with Crippen LogP contribution in [0.2, 0.25) is 0 Å². The number of aryl methyl sites for hydroxylation is 1. The highest BCUT2D eigenvalue weighted by atomic mass is 79.9. The fraction of sp³-hybridized carbons (Fsp3) is 0.100. The molecular formula is C10H7BrFNO. The molecule has 2 rings (SSSR count). The molecule has 2 nitrogen and oxygen atoms in total. The summed E-state index contributed by atoms with van der Waals surface area (Å²) in [5.41, 5.74) is 0.508. The van der Waals surface area contributed by atoms with E-state index in [4.69, 9.17) is 0 Å². The number of fused-ring (bicyclic) bond motifs is 1. The molecule has 0 aliphatic heterocycles. The molecule has 1 aromatic carbocycles. The Hall–Kier alpha value is -1.16. The predicted octanol–water partition coefficient (Wildman–Crippen LogP) is 2.74. The summed E-state index contributed by atoms with van der Waals surface area (Å²) in [7, 11) is 0. The van der Waals surface area contributed by atoms with Crippen molar-refractivity contribution in [2.24, 2.45) is 0 Å². The Bertz CT molecular complexity index is 562. The summed E-state index contributed by atoms with van der Waals surface area (Å²) in [5, 5.41) is 1.09. The molecule has 0 bridgehead atoms. The molecule has 4 heteroatoms. The molecule has 2 aromatic rings. The van der Waals surface area contributed by atoms with Gasteiger partial charge in [-0.3, -0.25) is 4.79 Å². The van der Waals surface area contributed by atoms with E-state index in [2.05, 4.69) is 20.9 Å². The first-order chi connectivity index (χ1) is 6.59. The molecule has 0 spiro atoms. The molecule has 72 valence electrons. The van der Waals surface area contributed by atoms with Crippen molar-refractivity contribution in [1.29, 1.82) is 0 Å². The maximum Gasteiger partial charge on any atom is 0.256 e. The minimum absolute atomic E-state index is 0.194. The zero-order valence-electron chi connectivity index (χ0n) is 7.40. The lowest BCUT2D eigenvalue weighted by Gasteiger charge is -2.03. The van der Waals surface area contributed by atoms with E-state index in [0.29, 0.717) is 16.5 Å². The largest absolute Gasteiger partial charge is 0.325 e. The molecular weight excluding hydrogens is 249 g/mol. The van der Waals surface area contributed by atoms with E-state index in [-0.39, 0.29) is 11.4 Å². The molecule has 1 aromatic heterocycles. The molecule has 0 unspecified atom stereocenters. The van der Waals surface area contributed by atoms with Crippen molar-refractivity contribution < 1.29 is 4.39 Å². The van der Waals surface area contributed by atoms with Gasteiger partial charge >= 0.3 is 0 Å². The van der Waals surface area contributed by atoms with Crippen LogP contribution in [0.5, 0.6) is 0 Å². The third kappa shape index (κ3) is 1.35. The van der Waals surface area contributed by atoms with Crippen molar-refractivity contribution in [2.75, 3.05) is 0 Å². The van der Waals surface area contributed by atoms with Crippen molar-refractivity contribution in [2.45, 2.75) is 6.92 Å². The first-order valence-corrected chi connectivity index (χ1v) is 4.86. The summed E-state index contributed by atoms with van der Waals surface area (Å²) >= 11 is 3.31. The van der Waals surface area contributed by atoms with Crippen LogP contribution in [0.15, 0.2) is 27.5 Å². The smallest absolute Gasteiger partial charge is 0.256 e. The number of hydrogen-bond donors (Lipinski definition) is 1. The number of aromatic amines is 1. The second-order valence-corrected chi connectivity index (χ2v) is 3.88. The van der Waals surface area contributed by atoms with Crippen LogP contribution in [0.25, 0.3) is 10.8 Å². The third-order valence-corrected chi connectivity index (χ3v) is 3.11. The summed E-state index contributed by atoms with van der Waals surface area (Å²) < 4.78 is 13.7. The van der Waals surface area contributed by atoms with E-state index in [1.807, 2.05) is 0 Å². The fourth-order valence-corrected chi connectivity index (χ4v) is 1.82. The fourth-order valence-electron chi connectivity index (χ4n) is 1.39. The number of benzene rings is 1. The minimum Gasteiger partial charge on any atom is -0.325 e. The molecule has 0 fully saturated rings. The minimum atomic E-state index is -0.344. The highest BCUT2D eigenvalue weighted by molar-refractivity contribution is 9.10. The first kappa shape index (κ1) is 9.40. The number of H-pyrrole nitrogens is 1. The number of hydrogen-bond acceptors (Lipinski definition) is 1. The summed E-state index contributed by atoms with van der Waals surface area (Å²) in [5.74, 6) is -0.344. The van der Waals surface area contributed by atoms with Crippen LogP contribution < -0.4 is 5.56 Å². The molecule has 0 aliphatic rings. The average molecular weight is 256 g/mol. The summed E-state index contributed by atoms with van der Waals surface area (Å²) in [4.78, 5) is 14.1. The number of aromatic nitrogens is 1. The molecule has 14 heavy (non-hydrogen) atoms. The predicted molar refractivity (Wildman–Crippen MR) is 57.0 cm³/mol. The van der Waals surface area contributed by atoms with Gasteiger partial charge in [0.2, 0.25) is 0 Å². The van der Waals surface area contributed by atoms with Crippen molar-refractivity contribution in [3.05, 3.63) is 44.5 Å². The van der Waals surface area contributed by atoms with Gasteiger partial charge in [0.05, 0.1) is 0 Å². The van der Waals surface area contributed by atoms with Gasteiger partial charge in [0.15, 0.2) is 0 Å². The van der Waals surface area contributed by atoms with Crippen molar-refractivity contribution in [3.8, 4) is 0 Å². The van der Waals surface area contributed by atoms with Crippen LogP contribution in [-0.4, -0.2) is 4.98 Å². The quantitative estimate of drug-likeness (QED) is 0.772. The van der Waals surface area contributed by atoms with Gasteiger partial charge in [-0.15, -0.1) is 0 Å². The Labute approximate surface area is 87.9 Å². The second-order valence-electron chi connectivity index (χ2n) is 3.08. The Morgan fingerprint density at radius 2 is 2.07 bits per heavy atom. The van der Waals surface area contributed by atoms with Gasteiger partial charge in [-0.25, -0.2) is 4.39 Å². The second kappa shape index (κ2) is 3.20. The van der Waals surface area contributed by atoms with Gasteiger partial charge in [0, 0.05) is 20.9 Å². The van der Waals surface area contributed by atoms with Crippen molar-refractivity contribution >= 4 is 26.7 Å². The highest BCUT2D eigenvalue weighted by Gasteiger charge is 2.06. The topological polar surface area (TPSA) is 32.9 Å². The molecule has 0 radical (unpaired) electrons. The van der Waals surface area contributed by atoms with E-state index >= 15 is 0 Å². The lowest BCUT2D eigenvalue weighted by molar-refractivity contribution is 0.629. The number of pyridine rings is 1. The molecule has 0 aliphatic carbocycles. The molecule has 0 saturated heterocycles. The molecule has 0 saturated carbocycles. The van der Waals surface area contributed by atoms with Gasteiger partial charge in [-0.1, -0.05) is 0 Å². The lowest BCUT2D eigenvalue weighted by Crippen LogP contribution is -2.08. The standard InChI is InChI=1S/C10H7BrFNO/c1-5-9(11)8-4-6(12)2-3-7(8)10(14)13-5/h2-4H,1H3,(H,13,14). The third-order valence-electron chi connectivity index (χ3n) is 2.09. The monoisotopic (exact) mass is 255 g/mol. The van der Waals surface area contributed by atoms with Gasteiger partial charge in [0.1, 0.15) is 5.82 Å². The Kier molecular flexibility index (Phi) is 2.15. The Morgan fingerprint density at radius 3 is 2.79 bits per heavy atom. The van der Waals surface area contributed by atoms with E-state index in [0.717, 1.165) is 4.47 Å². The molecule has 0 amide bonds. The van der Waals surface area contributed by atoms with Gasteiger partial charge in [-0.2, -0.15) is 0 Å². The summed E-state index contributed by atoms with van der Waals surface area (Å²) in [6.07, 6.45) is 0. The van der Waals surface area contributed by atoms with Crippen molar-refractivity contribution in [3.63, 3.8) is 0 Å². The summed E-state index contributed by atoms with van der Waals surface area (Å²) in [6.45, 7) is 1.76. The van der Waals surface area contributed by atoms with Crippen LogP contribution >= 0.6 is 15.9 Å². The normalized spacial score (nSPS) is 10.8. The highest BCUT2D eigenvalue weighted by Crippen LogP contribution is 2.23. The zero-order valence-corrected chi connectivity index (χ0v) is 8.98. The van der Waals surface area contributed by atoms with E-state index < -0.39 is 0 Å². The maximum absolute atomic E-state index is 12.9.